The molecule has 0 aromatic rings. The molecule has 3 fully saturated rings. The second-order valence-corrected chi connectivity index (χ2v) is 12.1. The number of hydrogen-bond acceptors (Lipinski definition) is 11. The summed E-state index contributed by atoms with van der Waals surface area (Å²) >= 11 is 0. The molecule has 2 saturated heterocycles. The quantitative estimate of drug-likeness (QED) is 0.0976. The highest BCUT2D eigenvalue weighted by atomic mass is 19.1. The second kappa shape index (κ2) is 13.3. The zero-order chi connectivity index (χ0) is 29.1. The SMILES string of the molecule is C[C@@H]1C(O)[C@@H](OC2C(O)C(O[C@H]3O[C@H](CCCCF)CCC3N)[C@@H](N)C[C@H]2NC(=N)C(C)(C)O)OCC1(C)O. The summed E-state index contributed by atoms with van der Waals surface area (Å²) in [4.78, 5) is 0. The molecule has 0 aromatic heterocycles. The van der Waals surface area contributed by atoms with Gasteiger partial charge in [-0.1, -0.05) is 6.92 Å². The molecule has 6 unspecified atom stereocenters. The van der Waals surface area contributed by atoms with E-state index in [1.165, 1.54) is 13.8 Å². The minimum absolute atomic E-state index is 0.0930. The fourth-order valence-corrected chi connectivity index (χ4v) is 5.30. The van der Waals surface area contributed by atoms with Gasteiger partial charge in [0.15, 0.2) is 12.6 Å². The average molecular weight is 565 g/mol. The lowest BCUT2D eigenvalue weighted by Crippen LogP contribution is -2.68. The highest BCUT2D eigenvalue weighted by molar-refractivity contribution is 5.86. The van der Waals surface area contributed by atoms with Crippen molar-refractivity contribution in [2.24, 2.45) is 17.4 Å². The van der Waals surface area contributed by atoms with Crippen molar-refractivity contribution in [3.05, 3.63) is 0 Å². The van der Waals surface area contributed by atoms with Crippen molar-refractivity contribution >= 4 is 5.84 Å². The number of nitrogens with one attached hydrogen (secondary N) is 2. The Morgan fingerprint density at radius 1 is 1.10 bits per heavy atom. The first-order chi connectivity index (χ1) is 18.2. The zero-order valence-corrected chi connectivity index (χ0v) is 23.5. The molecular weight excluding hydrogens is 515 g/mol. The largest absolute Gasteiger partial charge is 0.388 e. The van der Waals surface area contributed by atoms with Gasteiger partial charge in [0.1, 0.15) is 35.9 Å². The van der Waals surface area contributed by atoms with E-state index >= 15 is 0 Å². The van der Waals surface area contributed by atoms with Crippen LogP contribution in [-0.2, 0) is 18.9 Å². The maximum Gasteiger partial charge on any atom is 0.184 e. The molecular formula is C26H49FN4O8. The van der Waals surface area contributed by atoms with E-state index < -0.39 is 72.2 Å². The van der Waals surface area contributed by atoms with Crippen LogP contribution >= 0.6 is 0 Å². The molecule has 13 heteroatoms. The number of aliphatic hydroxyl groups excluding tert-OH is 2. The first kappa shape index (κ1) is 32.5. The molecule has 0 radical (unpaired) electrons. The van der Waals surface area contributed by atoms with Crippen molar-refractivity contribution in [2.45, 2.75) is 139 Å². The van der Waals surface area contributed by atoms with Crippen molar-refractivity contribution < 1.29 is 43.8 Å². The Morgan fingerprint density at radius 2 is 1.77 bits per heavy atom. The number of aliphatic hydroxyl groups is 4. The van der Waals surface area contributed by atoms with Crippen LogP contribution in [0.3, 0.4) is 0 Å². The number of ether oxygens (including phenoxy) is 4. The van der Waals surface area contributed by atoms with Crippen LogP contribution in [0.25, 0.3) is 0 Å². The summed E-state index contributed by atoms with van der Waals surface area (Å²) in [5.41, 5.74) is 9.98. The van der Waals surface area contributed by atoms with Gasteiger partial charge in [-0.15, -0.1) is 0 Å². The molecule has 1 aliphatic carbocycles. The van der Waals surface area contributed by atoms with Crippen LogP contribution in [0, 0.1) is 11.3 Å². The highest BCUT2D eigenvalue weighted by Gasteiger charge is 2.51. The van der Waals surface area contributed by atoms with Crippen LogP contribution < -0.4 is 16.8 Å². The predicted molar refractivity (Wildman–Crippen MR) is 141 cm³/mol. The lowest BCUT2D eigenvalue weighted by atomic mass is 9.82. The van der Waals surface area contributed by atoms with Crippen molar-refractivity contribution in [1.82, 2.24) is 5.32 Å². The van der Waals surface area contributed by atoms with Crippen LogP contribution in [0.1, 0.15) is 66.2 Å². The van der Waals surface area contributed by atoms with E-state index in [0.717, 1.165) is 6.42 Å². The monoisotopic (exact) mass is 564 g/mol. The van der Waals surface area contributed by atoms with Gasteiger partial charge in [0.2, 0.25) is 0 Å². The average Bonchev–Trinajstić information content (AvgIpc) is 2.85. The minimum Gasteiger partial charge on any atom is -0.388 e. The number of nitrogens with two attached hydrogens (primary N) is 2. The Hall–Kier alpha value is -1.00. The predicted octanol–water partition coefficient (Wildman–Crippen LogP) is -0.368. The Labute approximate surface area is 230 Å². The van der Waals surface area contributed by atoms with Crippen LogP contribution in [0.2, 0.25) is 0 Å². The van der Waals surface area contributed by atoms with Gasteiger partial charge in [-0.3, -0.25) is 9.80 Å². The van der Waals surface area contributed by atoms with Crippen LogP contribution in [0.5, 0.6) is 0 Å². The standard InChI is InChI=1S/C26H49FN4O8/c1-13-18(32)23(36-12-26(13,4)35)39-21-17(31-24(30)25(2,3)34)11-16(29)20(19(21)33)38-22-15(28)9-8-14(37-22)7-5-6-10-27/h13-23,32-35H,5-12,28-29H2,1-4H3,(H2,30,31)/t13-,14-,15?,16+,17-,18?,19?,20?,21?,22-,23-,26?/m1/s1. The number of alkyl halides is 1. The molecule has 228 valence electrons. The molecule has 10 N–H and O–H groups in total. The maximum atomic E-state index is 12.5. The Balaban J connectivity index is 1.77. The number of hydrogen-bond donors (Lipinski definition) is 8. The summed E-state index contributed by atoms with van der Waals surface area (Å²) in [6.45, 7) is 5.66. The topological polar surface area (TPSA) is 206 Å². The molecule has 1 saturated carbocycles. The lowest BCUT2D eigenvalue weighted by molar-refractivity contribution is -0.313. The summed E-state index contributed by atoms with van der Waals surface area (Å²) in [6.07, 6.45) is -3.41. The van der Waals surface area contributed by atoms with E-state index in [1.54, 1.807) is 13.8 Å². The summed E-state index contributed by atoms with van der Waals surface area (Å²) in [5, 5.41) is 54.3. The third-order valence-electron chi connectivity index (χ3n) is 8.26. The molecule has 3 rings (SSSR count). The van der Waals surface area contributed by atoms with E-state index in [2.05, 4.69) is 5.32 Å². The minimum atomic E-state index is -1.49. The van der Waals surface area contributed by atoms with Gasteiger partial charge in [-0.25, -0.2) is 0 Å². The van der Waals surface area contributed by atoms with E-state index in [9.17, 15) is 24.8 Å². The van der Waals surface area contributed by atoms with Crippen LogP contribution in [0.15, 0.2) is 0 Å². The summed E-state index contributed by atoms with van der Waals surface area (Å²) in [7, 11) is 0. The van der Waals surface area contributed by atoms with E-state index in [1.807, 2.05) is 0 Å². The van der Waals surface area contributed by atoms with Crippen molar-refractivity contribution in [3.8, 4) is 0 Å². The van der Waals surface area contributed by atoms with Crippen molar-refractivity contribution in [2.75, 3.05) is 13.3 Å². The van der Waals surface area contributed by atoms with Gasteiger partial charge >= 0.3 is 0 Å². The van der Waals surface area contributed by atoms with Gasteiger partial charge in [-0.2, -0.15) is 0 Å². The first-order valence-electron chi connectivity index (χ1n) is 14.0. The van der Waals surface area contributed by atoms with E-state index in [4.69, 9.17) is 35.8 Å². The second-order valence-electron chi connectivity index (χ2n) is 12.1. The Bertz CT molecular complexity index is 802. The van der Waals surface area contributed by atoms with Gasteiger partial charge < -0.3 is 56.2 Å². The molecule has 3 aliphatic rings. The fourth-order valence-electron chi connectivity index (χ4n) is 5.30. The van der Waals surface area contributed by atoms with Gasteiger partial charge in [0.25, 0.3) is 0 Å². The van der Waals surface area contributed by atoms with Gasteiger partial charge in [0, 0.05) is 12.0 Å². The molecule has 39 heavy (non-hydrogen) atoms. The Morgan fingerprint density at radius 3 is 2.41 bits per heavy atom. The molecule has 0 amide bonds. The number of amidine groups is 1. The van der Waals surface area contributed by atoms with Crippen molar-refractivity contribution in [3.63, 3.8) is 0 Å². The molecule has 12 nitrogen and oxygen atoms in total. The summed E-state index contributed by atoms with van der Waals surface area (Å²) < 4.78 is 36.5. The summed E-state index contributed by atoms with van der Waals surface area (Å²) in [6, 6.07) is -1.91. The molecule has 12 atom stereocenters. The normalized spacial score (nSPS) is 43.7. The third-order valence-corrected chi connectivity index (χ3v) is 8.26. The smallest absolute Gasteiger partial charge is 0.184 e. The molecule has 2 heterocycles. The zero-order valence-electron chi connectivity index (χ0n) is 23.5. The van der Waals surface area contributed by atoms with Gasteiger partial charge in [0.05, 0.1) is 37.1 Å². The maximum absolute atomic E-state index is 12.5. The molecule has 0 spiro atoms. The van der Waals surface area contributed by atoms with Gasteiger partial charge in [-0.05, 0) is 59.3 Å². The first-order valence-corrected chi connectivity index (χ1v) is 14.0. The molecule has 0 bridgehead atoms. The number of unbranched alkanes of at least 4 members (excludes halogenated alkanes) is 1. The van der Waals surface area contributed by atoms with E-state index in [0.29, 0.717) is 25.7 Å². The number of rotatable bonds is 10. The van der Waals surface area contributed by atoms with Crippen molar-refractivity contribution in [1.29, 1.82) is 5.41 Å². The Kier molecular flexibility index (Phi) is 11.1. The highest BCUT2D eigenvalue weighted by Crippen LogP contribution is 2.34. The molecule has 0 aromatic carbocycles. The third kappa shape index (κ3) is 8.06. The van der Waals surface area contributed by atoms with Crippen LogP contribution in [-0.4, -0.2) is 112 Å². The molecule has 2 aliphatic heterocycles. The van der Waals surface area contributed by atoms with E-state index in [-0.39, 0.29) is 31.6 Å². The number of halogens is 1. The fraction of sp³-hybridized carbons (Fsp3) is 0.962. The summed E-state index contributed by atoms with van der Waals surface area (Å²) in [5.74, 6) is -0.787. The lowest BCUT2D eigenvalue weighted by Gasteiger charge is -2.49. The van der Waals surface area contributed by atoms with Crippen LogP contribution in [0.4, 0.5) is 4.39 Å².